The van der Waals surface area contributed by atoms with E-state index in [4.69, 9.17) is 9.47 Å². The van der Waals surface area contributed by atoms with Gasteiger partial charge in [-0.1, -0.05) is 0 Å². The number of hydrogen-bond acceptors (Lipinski definition) is 8. The largest absolute Gasteiger partial charge is 0.465 e. The van der Waals surface area contributed by atoms with Crippen LogP contribution >= 0.6 is 0 Å². The van der Waals surface area contributed by atoms with Gasteiger partial charge < -0.3 is 14.8 Å². The van der Waals surface area contributed by atoms with Crippen molar-refractivity contribution in [2.45, 2.75) is 32.2 Å². The Hall–Kier alpha value is -4.28. The second-order valence-electron chi connectivity index (χ2n) is 7.81. The number of carbonyl (C=O) groups is 3. The number of pyridine rings is 1. The Bertz CT molecular complexity index is 1420. The Morgan fingerprint density at radius 1 is 1.06 bits per heavy atom. The van der Waals surface area contributed by atoms with Crippen LogP contribution in [0, 0.1) is 0 Å². The summed E-state index contributed by atoms with van der Waals surface area (Å²) in [6.45, 7) is 1.98. The van der Waals surface area contributed by atoms with Crippen LogP contribution in [-0.2, 0) is 16.0 Å². The molecule has 34 heavy (non-hydrogen) atoms. The summed E-state index contributed by atoms with van der Waals surface area (Å²) in [5.41, 5.74) is -0.408. The minimum absolute atomic E-state index is 0.0247. The van der Waals surface area contributed by atoms with Gasteiger partial charge in [-0.2, -0.15) is 0 Å². The summed E-state index contributed by atoms with van der Waals surface area (Å²) >= 11 is 0. The topological polar surface area (TPSA) is 149 Å². The van der Waals surface area contributed by atoms with Crippen LogP contribution in [0.2, 0.25) is 0 Å². The molecule has 0 unspecified atom stereocenters. The van der Waals surface area contributed by atoms with Crippen molar-refractivity contribution in [2.24, 2.45) is 0 Å². The first-order chi connectivity index (χ1) is 16.3. The summed E-state index contributed by atoms with van der Waals surface area (Å²) in [5, 5.41) is 2.61. The van der Waals surface area contributed by atoms with E-state index in [1.54, 1.807) is 13.0 Å². The Morgan fingerprint density at radius 2 is 1.68 bits per heavy atom. The van der Waals surface area contributed by atoms with Crippen LogP contribution in [-0.4, -0.2) is 46.6 Å². The summed E-state index contributed by atoms with van der Waals surface area (Å²) in [6.07, 6.45) is 1.78. The number of ether oxygens (including phenoxy) is 2. The molecule has 0 bridgehead atoms. The monoisotopic (exact) mass is 466 g/mol. The lowest BCUT2D eigenvalue weighted by molar-refractivity contribution is 0.0599. The third-order valence-electron chi connectivity index (χ3n) is 5.56. The lowest BCUT2D eigenvalue weighted by Crippen LogP contribution is -2.32. The molecule has 2 heterocycles. The molecule has 1 aliphatic carbocycles. The van der Waals surface area contributed by atoms with Gasteiger partial charge in [0.15, 0.2) is 5.65 Å². The Balaban J connectivity index is 1.85. The van der Waals surface area contributed by atoms with Gasteiger partial charge in [-0.3, -0.25) is 19.1 Å². The molecular formula is C23H22N4O7. The van der Waals surface area contributed by atoms with Gasteiger partial charge in [0.05, 0.1) is 36.3 Å². The molecule has 1 aromatic carbocycles. The summed E-state index contributed by atoms with van der Waals surface area (Å²) < 4.78 is 10.7. The number of nitrogens with zero attached hydrogens (tertiary/aromatic N) is 2. The molecule has 11 heteroatoms. The first-order valence-corrected chi connectivity index (χ1v) is 10.6. The molecule has 1 aliphatic rings. The first kappa shape index (κ1) is 22.9. The van der Waals surface area contributed by atoms with E-state index in [0.29, 0.717) is 5.69 Å². The Morgan fingerprint density at radius 3 is 2.21 bits per heavy atom. The second kappa shape index (κ2) is 8.93. The quantitative estimate of drug-likeness (QED) is 0.522. The third-order valence-corrected chi connectivity index (χ3v) is 5.56. The van der Waals surface area contributed by atoms with Gasteiger partial charge in [-0.05, 0) is 44.0 Å². The number of nitrogens with one attached hydrogen (secondary N) is 2. The Labute approximate surface area is 192 Å². The number of rotatable bonds is 6. The number of aromatic nitrogens is 3. The van der Waals surface area contributed by atoms with Gasteiger partial charge in [0.2, 0.25) is 0 Å². The number of aromatic amines is 1. The molecule has 1 fully saturated rings. The van der Waals surface area contributed by atoms with Crippen LogP contribution in [0.4, 0.5) is 5.69 Å². The fourth-order valence-corrected chi connectivity index (χ4v) is 3.72. The zero-order valence-electron chi connectivity index (χ0n) is 18.8. The van der Waals surface area contributed by atoms with E-state index in [0.717, 1.165) is 12.8 Å². The maximum Gasteiger partial charge on any atom is 0.337 e. The molecule has 0 saturated heterocycles. The number of aryl methyl sites for hydroxylation is 1. The molecule has 2 N–H and O–H groups in total. The fraction of sp³-hybridized carbons (Fsp3) is 0.304. The van der Waals surface area contributed by atoms with Gasteiger partial charge in [0.1, 0.15) is 0 Å². The maximum absolute atomic E-state index is 13.4. The van der Waals surface area contributed by atoms with Crippen molar-refractivity contribution in [1.29, 1.82) is 0 Å². The zero-order chi connectivity index (χ0) is 24.6. The SMILES string of the molecule is CCn1c(=O)[nH]c(=O)c2c(C(=O)Nc3cc(C(=O)OC)cc(C(=O)OC)c3)cc(C3CC3)nc21. The number of carbonyl (C=O) groups excluding carboxylic acids is 3. The smallest absolute Gasteiger partial charge is 0.337 e. The minimum Gasteiger partial charge on any atom is -0.465 e. The van der Waals surface area contributed by atoms with Crippen LogP contribution in [0.25, 0.3) is 11.0 Å². The highest BCUT2D eigenvalue weighted by Gasteiger charge is 2.29. The minimum atomic E-state index is -0.733. The lowest BCUT2D eigenvalue weighted by atomic mass is 10.1. The molecule has 0 atom stereocenters. The summed E-state index contributed by atoms with van der Waals surface area (Å²) in [4.78, 5) is 69.2. The van der Waals surface area contributed by atoms with E-state index in [2.05, 4.69) is 15.3 Å². The fourth-order valence-electron chi connectivity index (χ4n) is 3.72. The van der Waals surface area contributed by atoms with E-state index in [1.165, 1.54) is 37.0 Å². The number of amides is 1. The predicted octanol–water partition coefficient (Wildman–Crippen LogP) is 1.81. The van der Waals surface area contributed by atoms with Crippen molar-refractivity contribution in [3.8, 4) is 0 Å². The van der Waals surface area contributed by atoms with E-state index in [-0.39, 0.29) is 45.9 Å². The number of H-pyrrole nitrogens is 1. The average molecular weight is 466 g/mol. The van der Waals surface area contributed by atoms with E-state index < -0.39 is 29.1 Å². The maximum atomic E-state index is 13.4. The number of esters is 2. The van der Waals surface area contributed by atoms with Crippen LogP contribution in [0.5, 0.6) is 0 Å². The molecular weight excluding hydrogens is 444 g/mol. The van der Waals surface area contributed by atoms with E-state index in [1.807, 2.05) is 0 Å². The normalized spacial score (nSPS) is 12.9. The van der Waals surface area contributed by atoms with Gasteiger partial charge in [0.25, 0.3) is 11.5 Å². The zero-order valence-corrected chi connectivity index (χ0v) is 18.8. The highest BCUT2D eigenvalue weighted by atomic mass is 16.5. The molecule has 2 aromatic heterocycles. The molecule has 1 amide bonds. The number of anilines is 1. The molecule has 11 nitrogen and oxygen atoms in total. The first-order valence-electron chi connectivity index (χ1n) is 10.6. The molecule has 0 radical (unpaired) electrons. The van der Waals surface area contributed by atoms with E-state index in [9.17, 15) is 24.0 Å². The van der Waals surface area contributed by atoms with Gasteiger partial charge in [-0.25, -0.2) is 19.4 Å². The molecule has 3 aromatic rings. The van der Waals surface area contributed by atoms with Crippen molar-refractivity contribution < 1.29 is 23.9 Å². The molecule has 0 spiro atoms. The number of hydrogen-bond donors (Lipinski definition) is 2. The summed E-state index contributed by atoms with van der Waals surface area (Å²) in [6, 6.07) is 5.51. The third kappa shape index (κ3) is 4.19. The highest BCUT2D eigenvalue weighted by molar-refractivity contribution is 6.12. The Kier molecular flexibility index (Phi) is 6.01. The molecule has 4 rings (SSSR count). The average Bonchev–Trinajstić information content (AvgIpc) is 3.67. The standard InChI is InChI=1S/C23H22N4O7/c1-4-27-18-17(20(29)26-23(27)32)15(10-16(25-18)11-5-6-11)19(28)24-14-8-12(21(30)33-2)7-13(9-14)22(31)34-3/h7-11H,4-6H2,1-3H3,(H,24,28)(H,26,29,32). The van der Waals surface area contributed by atoms with Crippen molar-refractivity contribution in [3.63, 3.8) is 0 Å². The molecule has 176 valence electrons. The van der Waals surface area contributed by atoms with Crippen LogP contribution in [0.3, 0.4) is 0 Å². The van der Waals surface area contributed by atoms with Gasteiger partial charge in [0, 0.05) is 23.8 Å². The highest BCUT2D eigenvalue weighted by Crippen LogP contribution is 2.40. The van der Waals surface area contributed by atoms with Crippen LogP contribution in [0.15, 0.2) is 33.9 Å². The van der Waals surface area contributed by atoms with Crippen LogP contribution in [0.1, 0.15) is 62.5 Å². The lowest BCUT2D eigenvalue weighted by Gasteiger charge is -2.13. The number of methoxy groups -OCH3 is 2. The van der Waals surface area contributed by atoms with Gasteiger partial charge in [-0.15, -0.1) is 0 Å². The number of benzene rings is 1. The molecule has 1 saturated carbocycles. The van der Waals surface area contributed by atoms with E-state index >= 15 is 0 Å². The van der Waals surface area contributed by atoms with Crippen LogP contribution < -0.4 is 16.6 Å². The summed E-state index contributed by atoms with van der Waals surface area (Å²) in [7, 11) is 2.38. The number of fused-ring (bicyclic) bond motifs is 1. The van der Waals surface area contributed by atoms with Crippen molar-refractivity contribution >= 4 is 34.6 Å². The second-order valence-corrected chi connectivity index (χ2v) is 7.81. The van der Waals surface area contributed by atoms with Crippen molar-refractivity contribution in [1.82, 2.24) is 14.5 Å². The van der Waals surface area contributed by atoms with Gasteiger partial charge >= 0.3 is 17.6 Å². The molecule has 0 aliphatic heterocycles. The summed E-state index contributed by atoms with van der Waals surface area (Å²) in [5.74, 6) is -1.95. The van der Waals surface area contributed by atoms with Crippen molar-refractivity contribution in [3.05, 3.63) is 67.5 Å². The predicted molar refractivity (Wildman–Crippen MR) is 121 cm³/mol. The van der Waals surface area contributed by atoms with Crippen molar-refractivity contribution in [2.75, 3.05) is 19.5 Å².